The van der Waals surface area contributed by atoms with Crippen LogP contribution >= 0.6 is 11.3 Å². The first kappa shape index (κ1) is 13.5. The second-order valence-electron chi connectivity index (χ2n) is 4.53. The normalized spacial score (nSPS) is 10.7. The molecule has 4 nitrogen and oxygen atoms in total. The number of hydrogen-bond acceptors (Lipinski definition) is 4. The van der Waals surface area contributed by atoms with Crippen LogP contribution in [0.25, 0.3) is 10.6 Å². The van der Waals surface area contributed by atoms with Crippen molar-refractivity contribution in [1.29, 1.82) is 5.41 Å². The smallest absolute Gasteiger partial charge is 0.135 e. The van der Waals surface area contributed by atoms with Crippen LogP contribution in [0.5, 0.6) is 5.75 Å². The summed E-state index contributed by atoms with van der Waals surface area (Å²) in [5.74, 6) is 1.15. The van der Waals surface area contributed by atoms with Gasteiger partial charge < -0.3 is 10.5 Å². The van der Waals surface area contributed by atoms with Gasteiger partial charge in [0.2, 0.25) is 0 Å². The maximum atomic E-state index is 7.64. The van der Waals surface area contributed by atoms with E-state index < -0.39 is 0 Å². The number of nitrogens with zero attached hydrogens (tertiary/aromatic N) is 1. The molecule has 19 heavy (non-hydrogen) atoms. The van der Waals surface area contributed by atoms with Crippen molar-refractivity contribution in [2.75, 3.05) is 7.11 Å². The Labute approximate surface area is 116 Å². The van der Waals surface area contributed by atoms with Gasteiger partial charge in [-0.2, -0.15) is 0 Å². The minimum Gasteiger partial charge on any atom is -0.497 e. The predicted octanol–water partition coefficient (Wildman–Crippen LogP) is 3.23. The van der Waals surface area contributed by atoms with E-state index in [4.69, 9.17) is 15.9 Å². The van der Waals surface area contributed by atoms with Crippen molar-refractivity contribution in [2.45, 2.75) is 19.8 Å². The molecule has 0 saturated carbocycles. The lowest BCUT2D eigenvalue weighted by atomic mass is 10.1. The lowest BCUT2D eigenvalue weighted by Crippen LogP contribution is -2.12. The van der Waals surface area contributed by atoms with Crippen LogP contribution in [0.2, 0.25) is 0 Å². The molecular formula is C14H17N3OS. The van der Waals surface area contributed by atoms with Crippen LogP contribution in [-0.4, -0.2) is 17.9 Å². The standard InChI is InChI=1S/C14H17N3OS/c1-8(2)11-12(13(15)16)19-14(17-11)9-4-6-10(18-3)7-5-9/h4-8H,1-3H3,(H3,15,16). The molecule has 3 N–H and O–H groups in total. The lowest BCUT2D eigenvalue weighted by Gasteiger charge is -2.02. The van der Waals surface area contributed by atoms with Gasteiger partial charge in [-0.15, -0.1) is 11.3 Å². The average molecular weight is 275 g/mol. The molecule has 0 fully saturated rings. The van der Waals surface area contributed by atoms with Crippen molar-refractivity contribution < 1.29 is 4.74 Å². The van der Waals surface area contributed by atoms with Gasteiger partial charge in [-0.05, 0) is 30.2 Å². The van der Waals surface area contributed by atoms with Crippen molar-refractivity contribution >= 4 is 17.2 Å². The van der Waals surface area contributed by atoms with Gasteiger partial charge in [0.05, 0.1) is 17.7 Å². The Morgan fingerprint density at radius 2 is 1.95 bits per heavy atom. The Morgan fingerprint density at radius 3 is 2.37 bits per heavy atom. The first-order valence-corrected chi connectivity index (χ1v) is 6.84. The molecule has 0 amide bonds. The highest BCUT2D eigenvalue weighted by atomic mass is 32.1. The fourth-order valence-electron chi connectivity index (χ4n) is 1.77. The highest BCUT2D eigenvalue weighted by Crippen LogP contribution is 2.32. The summed E-state index contributed by atoms with van der Waals surface area (Å²) in [5, 5.41) is 8.52. The zero-order chi connectivity index (χ0) is 14.0. The molecule has 5 heteroatoms. The van der Waals surface area contributed by atoms with E-state index in [1.54, 1.807) is 7.11 Å². The number of hydrogen-bond donors (Lipinski definition) is 2. The molecule has 1 aromatic carbocycles. The highest BCUT2D eigenvalue weighted by Gasteiger charge is 2.17. The summed E-state index contributed by atoms with van der Waals surface area (Å²) in [4.78, 5) is 5.38. The minimum atomic E-state index is 0.0842. The number of thiazole rings is 1. The minimum absolute atomic E-state index is 0.0842. The average Bonchev–Trinajstić information content (AvgIpc) is 2.84. The van der Waals surface area contributed by atoms with Crippen LogP contribution in [-0.2, 0) is 0 Å². The monoisotopic (exact) mass is 275 g/mol. The molecule has 0 unspecified atom stereocenters. The molecule has 0 radical (unpaired) electrons. The Kier molecular flexibility index (Phi) is 3.85. The molecule has 2 aromatic rings. The van der Waals surface area contributed by atoms with Crippen LogP contribution in [0.1, 0.15) is 30.3 Å². The van der Waals surface area contributed by atoms with Gasteiger partial charge in [0.15, 0.2) is 0 Å². The van der Waals surface area contributed by atoms with Gasteiger partial charge in [0.1, 0.15) is 16.6 Å². The summed E-state index contributed by atoms with van der Waals surface area (Å²) in [6, 6.07) is 7.73. The van der Waals surface area contributed by atoms with E-state index in [0.29, 0.717) is 0 Å². The molecule has 0 atom stereocenters. The molecule has 1 aromatic heterocycles. The number of ether oxygens (including phenoxy) is 1. The highest BCUT2D eigenvalue weighted by molar-refractivity contribution is 7.17. The molecule has 0 aliphatic carbocycles. The molecule has 0 aliphatic rings. The van der Waals surface area contributed by atoms with Crippen LogP contribution in [0.15, 0.2) is 24.3 Å². The van der Waals surface area contributed by atoms with E-state index in [1.165, 1.54) is 11.3 Å². The molecular weight excluding hydrogens is 258 g/mol. The van der Waals surface area contributed by atoms with Crippen molar-refractivity contribution in [3.63, 3.8) is 0 Å². The number of methoxy groups -OCH3 is 1. The Balaban J connectivity index is 2.44. The SMILES string of the molecule is COc1ccc(-c2nc(C(C)C)c(C(=N)N)s2)cc1. The quantitative estimate of drug-likeness (QED) is 0.664. The molecule has 0 aliphatic heterocycles. The first-order valence-electron chi connectivity index (χ1n) is 6.02. The maximum Gasteiger partial charge on any atom is 0.135 e. The van der Waals surface area contributed by atoms with Crippen LogP contribution in [0, 0.1) is 5.41 Å². The molecule has 0 bridgehead atoms. The number of benzene rings is 1. The van der Waals surface area contributed by atoms with Crippen molar-refractivity contribution in [3.8, 4) is 16.3 Å². The molecule has 100 valence electrons. The fraction of sp³-hybridized carbons (Fsp3) is 0.286. The fourth-order valence-corrected chi connectivity index (χ4v) is 2.86. The summed E-state index contributed by atoms with van der Waals surface area (Å²) >= 11 is 1.46. The second-order valence-corrected chi connectivity index (χ2v) is 5.53. The number of amidine groups is 1. The second kappa shape index (κ2) is 5.40. The summed E-state index contributed by atoms with van der Waals surface area (Å²) in [5.41, 5.74) is 7.53. The zero-order valence-corrected chi connectivity index (χ0v) is 12.0. The maximum absolute atomic E-state index is 7.64. The molecule has 0 saturated heterocycles. The Morgan fingerprint density at radius 1 is 1.32 bits per heavy atom. The van der Waals surface area contributed by atoms with Gasteiger partial charge in [-0.25, -0.2) is 4.98 Å². The van der Waals surface area contributed by atoms with Gasteiger partial charge in [-0.1, -0.05) is 13.8 Å². The number of nitrogen functional groups attached to an aromatic ring is 1. The van der Waals surface area contributed by atoms with E-state index in [2.05, 4.69) is 18.8 Å². The third kappa shape index (κ3) is 2.76. The van der Waals surface area contributed by atoms with Gasteiger partial charge in [-0.3, -0.25) is 5.41 Å². The van der Waals surface area contributed by atoms with Crippen molar-refractivity contribution in [1.82, 2.24) is 4.98 Å². The Bertz CT molecular complexity index is 587. The van der Waals surface area contributed by atoms with Crippen LogP contribution in [0.3, 0.4) is 0 Å². The predicted molar refractivity (Wildman–Crippen MR) is 79.2 cm³/mol. The number of rotatable bonds is 4. The summed E-state index contributed by atoms with van der Waals surface area (Å²) in [6.45, 7) is 4.11. The Hall–Kier alpha value is -1.88. The van der Waals surface area contributed by atoms with Gasteiger partial charge in [0.25, 0.3) is 0 Å². The van der Waals surface area contributed by atoms with E-state index in [0.717, 1.165) is 26.9 Å². The summed E-state index contributed by atoms with van der Waals surface area (Å²) in [7, 11) is 1.64. The molecule has 2 rings (SSSR count). The van der Waals surface area contributed by atoms with E-state index in [9.17, 15) is 0 Å². The molecule has 1 heterocycles. The van der Waals surface area contributed by atoms with Crippen molar-refractivity contribution in [3.05, 3.63) is 34.8 Å². The number of nitrogens with one attached hydrogen (secondary N) is 1. The lowest BCUT2D eigenvalue weighted by molar-refractivity contribution is 0.415. The molecule has 0 spiro atoms. The first-order chi connectivity index (χ1) is 9.02. The van der Waals surface area contributed by atoms with E-state index in [-0.39, 0.29) is 11.8 Å². The number of aromatic nitrogens is 1. The topological polar surface area (TPSA) is 72.0 Å². The van der Waals surface area contributed by atoms with Gasteiger partial charge in [0, 0.05) is 5.56 Å². The van der Waals surface area contributed by atoms with Crippen molar-refractivity contribution in [2.24, 2.45) is 5.73 Å². The summed E-state index contributed by atoms with van der Waals surface area (Å²) < 4.78 is 5.14. The number of nitrogens with two attached hydrogens (primary N) is 1. The van der Waals surface area contributed by atoms with E-state index >= 15 is 0 Å². The van der Waals surface area contributed by atoms with Crippen LogP contribution < -0.4 is 10.5 Å². The largest absolute Gasteiger partial charge is 0.497 e. The van der Waals surface area contributed by atoms with E-state index in [1.807, 2.05) is 24.3 Å². The third-order valence-corrected chi connectivity index (χ3v) is 3.94. The summed E-state index contributed by atoms with van der Waals surface area (Å²) in [6.07, 6.45) is 0. The zero-order valence-electron chi connectivity index (χ0n) is 11.2. The third-order valence-electron chi connectivity index (χ3n) is 2.78. The van der Waals surface area contributed by atoms with Gasteiger partial charge >= 0.3 is 0 Å². The van der Waals surface area contributed by atoms with Crippen LogP contribution in [0.4, 0.5) is 0 Å².